The van der Waals surface area contributed by atoms with Crippen molar-refractivity contribution in [3.8, 4) is 23.0 Å². The number of phenols is 1. The number of halogens is 1. The largest absolute Gasteiger partial charge is 0.508 e. The number of nitrogens with one attached hydrogen (secondary N) is 1. The second-order valence-electron chi connectivity index (χ2n) is 27.6. The van der Waals surface area contributed by atoms with Gasteiger partial charge in [-0.05, 0) is 198 Å². The predicted octanol–water partition coefficient (Wildman–Crippen LogP) is 17.1. The van der Waals surface area contributed by atoms with E-state index in [4.69, 9.17) is 25.0 Å². The van der Waals surface area contributed by atoms with Gasteiger partial charge in [0.25, 0.3) is 0 Å². The number of amides is 2. The van der Waals surface area contributed by atoms with Gasteiger partial charge in [-0.25, -0.2) is 4.39 Å². The SMILES string of the molecule is CC.CC=O.CCCC(CCC(C)CC)c1ccc(N(C)C2CCC(=O)NC2=O)c(C)c1.CCCC1(CCC(C)CC)CC(C)C1.CCCC=O.CCc1c(F)ccc2cc(O)cc(-c3ncc4c(N5CCCC(N)C5)nc(OC)nc4c3P)c12.COCC1CCC2CCCN21. The van der Waals surface area contributed by atoms with Crippen LogP contribution in [0.25, 0.3) is 32.9 Å². The van der Waals surface area contributed by atoms with Crippen molar-refractivity contribution in [3.05, 3.63) is 71.2 Å². The highest BCUT2D eigenvalue weighted by Crippen LogP contribution is 2.52. The van der Waals surface area contributed by atoms with Crippen molar-refractivity contribution in [3.63, 3.8) is 0 Å². The Labute approximate surface area is 580 Å². The van der Waals surface area contributed by atoms with Crippen molar-refractivity contribution in [2.75, 3.05) is 57.3 Å². The van der Waals surface area contributed by atoms with E-state index in [-0.39, 0.29) is 41.5 Å². The highest BCUT2D eigenvalue weighted by molar-refractivity contribution is 7.28. The number of hydrogen-bond donors (Lipinski definition) is 3. The summed E-state index contributed by atoms with van der Waals surface area (Å²) in [5.41, 5.74) is 13.2. The first-order valence-corrected chi connectivity index (χ1v) is 37.4. The number of likely N-dealkylation sites (N-methyl/N-ethyl adjacent to an activating group) is 1. The van der Waals surface area contributed by atoms with Crippen LogP contribution in [0, 0.1) is 35.9 Å². The Morgan fingerprint density at radius 2 is 1.57 bits per heavy atom. The summed E-state index contributed by atoms with van der Waals surface area (Å²) in [5.74, 6) is 3.54. The van der Waals surface area contributed by atoms with Crippen LogP contribution in [0.3, 0.4) is 0 Å². The number of rotatable bonds is 23. The van der Waals surface area contributed by atoms with Gasteiger partial charge in [-0.2, -0.15) is 9.97 Å². The van der Waals surface area contributed by atoms with E-state index in [1.165, 1.54) is 141 Å². The molecule has 1 saturated carbocycles. The maximum Gasteiger partial charge on any atom is 0.318 e. The summed E-state index contributed by atoms with van der Waals surface area (Å²) in [6.45, 7) is 31.6. The van der Waals surface area contributed by atoms with Crippen LogP contribution in [-0.4, -0.2) is 121 Å². The van der Waals surface area contributed by atoms with E-state index < -0.39 is 0 Å². The molecular formula is C79H126FN8O7P. The van der Waals surface area contributed by atoms with Crippen LogP contribution in [0.4, 0.5) is 15.9 Å². The van der Waals surface area contributed by atoms with E-state index in [9.17, 15) is 23.9 Å². The van der Waals surface area contributed by atoms with Crippen LogP contribution in [0.5, 0.6) is 11.8 Å². The third kappa shape index (κ3) is 23.8. The van der Waals surface area contributed by atoms with Crippen LogP contribution in [-0.2, 0) is 30.3 Å². The van der Waals surface area contributed by atoms with Crippen LogP contribution in [0.15, 0.2) is 48.7 Å². The molecule has 3 aromatic carbocycles. The normalized spacial score (nSPS) is 21.2. The molecule has 4 saturated heterocycles. The number of ether oxygens (including phenoxy) is 2. The van der Waals surface area contributed by atoms with Gasteiger partial charge in [-0.15, -0.1) is 9.24 Å². The molecule has 96 heavy (non-hydrogen) atoms. The van der Waals surface area contributed by atoms with Gasteiger partial charge < -0.3 is 39.7 Å². The molecule has 0 spiro atoms. The Balaban J connectivity index is 0.000000279. The lowest BCUT2D eigenvalue weighted by Crippen LogP contribution is -2.51. The van der Waals surface area contributed by atoms with Crippen molar-refractivity contribution in [1.29, 1.82) is 0 Å². The van der Waals surface area contributed by atoms with Gasteiger partial charge in [-0.1, -0.05) is 133 Å². The average molecular weight is 1350 g/mol. The monoisotopic (exact) mass is 1350 g/mol. The fraction of sp³-hybridized carbons (Fsp3) is 0.658. The van der Waals surface area contributed by atoms with Gasteiger partial charge in [0, 0.05) is 81.0 Å². The Kier molecular flexibility index (Phi) is 37.1. The Bertz CT molecular complexity index is 3150. The minimum atomic E-state index is -0.277. The number of pyridine rings is 1. The molecule has 0 radical (unpaired) electrons. The molecule has 536 valence electrons. The van der Waals surface area contributed by atoms with Gasteiger partial charge in [0.05, 0.1) is 30.3 Å². The van der Waals surface area contributed by atoms with E-state index in [0.29, 0.717) is 60.5 Å². The molecule has 8 unspecified atom stereocenters. The van der Waals surface area contributed by atoms with Crippen molar-refractivity contribution >= 4 is 72.1 Å². The second kappa shape index (κ2) is 43.0. The number of methoxy groups -OCH3 is 2. The third-order valence-corrected chi connectivity index (χ3v) is 20.8. The molecule has 8 atom stereocenters. The first kappa shape index (κ1) is 82.8. The molecule has 0 bridgehead atoms. The minimum Gasteiger partial charge on any atom is -0.508 e. The number of aromatic hydroxyl groups is 1. The van der Waals surface area contributed by atoms with Crippen molar-refractivity contribution in [2.24, 2.45) is 28.9 Å². The molecule has 4 N–H and O–H groups in total. The zero-order valence-electron chi connectivity index (χ0n) is 62.1. The summed E-state index contributed by atoms with van der Waals surface area (Å²) in [6, 6.07) is 14.8. The Hall–Kier alpha value is -5.67. The first-order valence-electron chi connectivity index (χ1n) is 36.8. The molecule has 5 fully saturated rings. The topological polar surface area (TPSA) is 193 Å². The Morgan fingerprint density at radius 1 is 0.875 bits per heavy atom. The van der Waals surface area contributed by atoms with E-state index in [0.717, 1.165) is 113 Å². The van der Waals surface area contributed by atoms with Crippen molar-refractivity contribution in [1.82, 2.24) is 25.2 Å². The molecule has 2 amide bonds. The second-order valence-corrected chi connectivity index (χ2v) is 28.1. The quantitative estimate of drug-likeness (QED) is 0.0318. The molecule has 1 aliphatic carbocycles. The molecule has 15 nitrogen and oxygen atoms in total. The molecular weight excluding hydrogens is 1220 g/mol. The zero-order valence-corrected chi connectivity index (χ0v) is 63.3. The molecule has 10 rings (SSSR count). The van der Waals surface area contributed by atoms with Crippen LogP contribution >= 0.6 is 9.24 Å². The highest BCUT2D eigenvalue weighted by Gasteiger charge is 2.41. The standard InChI is InChI=1S/C25H27FN5O2P.C23H36N2O2.C14H28.C9H17NO.C4H8O.C2H4O.C2H6/c1-3-16-19(26)7-6-13-9-15(32)10-17(20(13)16)21-23(34)22-18(11-28-21)24(30-25(29-22)33-2)31-8-4-5-14(27)12-31;1-6-8-18(10-9-16(3)7-2)19-11-12-20(17(4)15-19)25(5)21-13-14-22(26)24-23(21)27;1-5-8-14(10-13(4)11-14)9-7-12(3)6-2;1-11-7-9-5-4-8-3-2-6-10(8)9;1-2-3-4-5;1-2-3;1-2/h6-7,9-11,14,32H,3-5,8,12,27,34H2,1-2H3;11-12,15-16,18,21H,6-10,13-14H2,1-5H3,(H,24,26,27);12-13H,5-11H2,1-4H3;8-9H,2-7H2,1H3;4H,2-3H2,1H3;2H,1H3;1-2H3. The number of aryl methyl sites for hydroxylation is 2. The highest BCUT2D eigenvalue weighted by atomic mass is 31.0. The number of carbonyl (C=O) groups is 4. The van der Waals surface area contributed by atoms with E-state index in [2.05, 4.69) is 108 Å². The van der Waals surface area contributed by atoms with Gasteiger partial charge in [-0.3, -0.25) is 24.8 Å². The average Bonchev–Trinajstić information content (AvgIpc) is 1.42. The number of piperidine rings is 2. The van der Waals surface area contributed by atoms with Gasteiger partial charge in [0.2, 0.25) is 11.8 Å². The fourth-order valence-electron chi connectivity index (χ4n) is 14.8. The number of nitrogens with two attached hydrogens (primary N) is 1. The lowest BCUT2D eigenvalue weighted by molar-refractivity contribution is -0.134. The van der Waals surface area contributed by atoms with Crippen molar-refractivity contribution in [2.45, 2.75) is 268 Å². The van der Waals surface area contributed by atoms with Crippen molar-refractivity contribution < 1.29 is 38.1 Å². The third-order valence-electron chi connectivity index (χ3n) is 20.2. The summed E-state index contributed by atoms with van der Waals surface area (Å²) in [4.78, 5) is 62.7. The number of benzene rings is 3. The number of unbranched alkanes of at least 4 members (excludes halogenated alkanes) is 1. The lowest BCUT2D eigenvalue weighted by atomic mass is 9.58. The molecule has 4 aliphatic heterocycles. The van der Waals surface area contributed by atoms with Crippen LogP contribution < -0.4 is 30.9 Å². The number of fused-ring (bicyclic) bond motifs is 3. The minimum absolute atomic E-state index is 0.0773. The first-order chi connectivity index (χ1) is 46.1. The van der Waals surface area contributed by atoms with Crippen LogP contribution in [0.1, 0.15) is 247 Å². The van der Waals surface area contributed by atoms with E-state index >= 15 is 0 Å². The van der Waals surface area contributed by atoms with Gasteiger partial charge >= 0.3 is 6.01 Å². The molecule has 17 heteroatoms. The smallest absolute Gasteiger partial charge is 0.318 e. The number of aldehydes is 2. The molecule has 5 aromatic rings. The predicted molar refractivity (Wildman–Crippen MR) is 402 cm³/mol. The number of anilines is 2. The van der Waals surface area contributed by atoms with E-state index in [1.807, 2.05) is 46.8 Å². The summed E-state index contributed by atoms with van der Waals surface area (Å²) < 4.78 is 25.3. The van der Waals surface area contributed by atoms with Gasteiger partial charge in [0.15, 0.2) is 0 Å². The number of aromatic nitrogens is 3. The number of phenolic OH excluding ortho intramolecular Hbond substituents is 1. The number of carbonyl (C=O) groups excluding carboxylic acids is 4. The summed E-state index contributed by atoms with van der Waals surface area (Å²) in [7, 11) is 8.02. The molecule has 6 heterocycles. The zero-order chi connectivity index (χ0) is 71.1. The maximum absolute atomic E-state index is 14.7. The summed E-state index contributed by atoms with van der Waals surface area (Å²) >= 11 is 0. The van der Waals surface area contributed by atoms with E-state index in [1.54, 1.807) is 24.4 Å². The summed E-state index contributed by atoms with van der Waals surface area (Å²) in [5, 5.41) is 15.9. The maximum atomic E-state index is 14.7. The molecule has 5 aliphatic rings. The van der Waals surface area contributed by atoms with Crippen LogP contribution in [0.2, 0.25) is 0 Å². The Morgan fingerprint density at radius 3 is 2.16 bits per heavy atom. The number of hydrogen-bond acceptors (Lipinski definition) is 14. The van der Waals surface area contributed by atoms with Gasteiger partial charge in [0.1, 0.15) is 36.0 Å². The molecule has 2 aromatic heterocycles. The lowest BCUT2D eigenvalue weighted by Gasteiger charge is -2.47. The number of nitrogens with zero attached hydrogens (tertiary/aromatic N) is 6. The number of imide groups is 1. The summed E-state index contributed by atoms with van der Waals surface area (Å²) in [6.07, 6.45) is 30.6. The fourth-order valence-corrected chi connectivity index (χ4v) is 15.3.